The minimum absolute atomic E-state index is 0.00766. The number of aliphatic hydroxyl groups excluding tert-OH is 1. The molecule has 0 spiro atoms. The Bertz CT molecular complexity index is 1230. The van der Waals surface area contributed by atoms with Crippen molar-refractivity contribution in [3.8, 4) is 0 Å². The molecule has 3 unspecified atom stereocenters. The smallest absolute Gasteiger partial charge is 0.203 e. The Labute approximate surface area is 183 Å². The number of rotatable bonds is 6. The van der Waals surface area contributed by atoms with E-state index in [2.05, 4.69) is 86.0 Å². The van der Waals surface area contributed by atoms with Crippen LogP contribution in [-0.4, -0.2) is 20.3 Å². The topological polar surface area (TPSA) is 53.9 Å². The Balaban J connectivity index is 1.85. The van der Waals surface area contributed by atoms with Gasteiger partial charge in [0.15, 0.2) is 0 Å². The van der Waals surface area contributed by atoms with Crippen LogP contribution >= 0.6 is 0 Å². The number of para-hydroxylation sites is 2. The van der Waals surface area contributed by atoms with E-state index in [0.29, 0.717) is 12.0 Å². The number of imidazole rings is 1. The maximum absolute atomic E-state index is 10.7. The Hall–Kier alpha value is -3.11. The number of nitrogens with zero attached hydrogens (tertiary/aromatic N) is 2. The molecule has 31 heavy (non-hydrogen) atoms. The SMILES string of the molecule is Cc1ccc(CC(C(C)O)n2c(=N)n(C(C)c3ccc(C)cc3)c3ccccc32)cc1. The average Bonchev–Trinajstić information content (AvgIpc) is 3.05. The number of aromatic nitrogens is 2. The van der Waals surface area contributed by atoms with Gasteiger partial charge in [-0.2, -0.15) is 0 Å². The molecule has 0 saturated carbocycles. The van der Waals surface area contributed by atoms with Gasteiger partial charge in [-0.1, -0.05) is 71.8 Å². The minimum atomic E-state index is -0.593. The van der Waals surface area contributed by atoms with Crippen molar-refractivity contribution < 1.29 is 5.11 Å². The Morgan fingerprint density at radius 3 is 1.84 bits per heavy atom. The number of nitrogens with one attached hydrogen (secondary N) is 1. The lowest BCUT2D eigenvalue weighted by atomic mass is 10.0. The van der Waals surface area contributed by atoms with E-state index in [1.165, 1.54) is 16.7 Å². The third-order valence-corrected chi connectivity index (χ3v) is 6.26. The zero-order valence-corrected chi connectivity index (χ0v) is 18.7. The lowest BCUT2D eigenvalue weighted by Crippen LogP contribution is -2.34. The summed E-state index contributed by atoms with van der Waals surface area (Å²) in [4.78, 5) is 0. The molecule has 0 aliphatic heterocycles. The van der Waals surface area contributed by atoms with Crippen LogP contribution in [0.15, 0.2) is 72.8 Å². The van der Waals surface area contributed by atoms with Crippen LogP contribution in [0.1, 0.15) is 48.2 Å². The molecule has 0 bridgehead atoms. The quantitative estimate of drug-likeness (QED) is 0.442. The number of fused-ring (bicyclic) bond motifs is 1. The molecule has 4 heteroatoms. The molecule has 0 amide bonds. The molecule has 0 saturated heterocycles. The van der Waals surface area contributed by atoms with Crippen LogP contribution in [0.25, 0.3) is 11.0 Å². The highest BCUT2D eigenvalue weighted by molar-refractivity contribution is 5.76. The minimum Gasteiger partial charge on any atom is -0.391 e. The van der Waals surface area contributed by atoms with Crippen molar-refractivity contribution >= 4 is 11.0 Å². The van der Waals surface area contributed by atoms with Gasteiger partial charge in [-0.3, -0.25) is 5.41 Å². The molecule has 1 heterocycles. The predicted molar refractivity (Wildman–Crippen MR) is 126 cm³/mol. The van der Waals surface area contributed by atoms with E-state index in [1.54, 1.807) is 0 Å². The number of benzene rings is 3. The highest BCUT2D eigenvalue weighted by atomic mass is 16.3. The second kappa shape index (κ2) is 8.56. The molecule has 4 aromatic rings. The maximum Gasteiger partial charge on any atom is 0.203 e. The van der Waals surface area contributed by atoms with Gasteiger partial charge in [0.05, 0.1) is 29.2 Å². The molecule has 2 N–H and O–H groups in total. The Morgan fingerprint density at radius 1 is 0.774 bits per heavy atom. The van der Waals surface area contributed by atoms with Crippen molar-refractivity contribution in [2.24, 2.45) is 0 Å². The van der Waals surface area contributed by atoms with Crippen LogP contribution in [-0.2, 0) is 6.42 Å². The molecule has 3 aromatic carbocycles. The summed E-state index contributed by atoms with van der Waals surface area (Å²) >= 11 is 0. The van der Waals surface area contributed by atoms with Crippen LogP contribution in [0.3, 0.4) is 0 Å². The summed E-state index contributed by atoms with van der Waals surface area (Å²) in [5, 5.41) is 19.9. The van der Waals surface area contributed by atoms with Gasteiger partial charge in [0.2, 0.25) is 5.62 Å². The molecule has 160 valence electrons. The average molecular weight is 414 g/mol. The lowest BCUT2D eigenvalue weighted by molar-refractivity contribution is 0.128. The second-order valence-corrected chi connectivity index (χ2v) is 8.64. The van der Waals surface area contributed by atoms with E-state index in [1.807, 2.05) is 23.6 Å². The number of hydrogen-bond acceptors (Lipinski definition) is 2. The van der Waals surface area contributed by atoms with Gasteiger partial charge in [-0.15, -0.1) is 0 Å². The highest BCUT2D eigenvalue weighted by Crippen LogP contribution is 2.27. The first-order valence-corrected chi connectivity index (χ1v) is 10.9. The maximum atomic E-state index is 10.7. The van der Waals surface area contributed by atoms with Crippen LogP contribution in [0.4, 0.5) is 0 Å². The molecule has 0 aliphatic rings. The summed E-state index contributed by atoms with van der Waals surface area (Å²) in [6.45, 7) is 8.12. The standard InChI is InChI=1S/C27H31N3O/c1-18-9-13-22(14-10-18)17-26(21(4)31)30-25-8-6-5-7-24(25)29(27(30)28)20(3)23-15-11-19(2)12-16-23/h5-16,20-21,26,28,31H,17H2,1-4H3. The van der Waals surface area contributed by atoms with Gasteiger partial charge < -0.3 is 14.2 Å². The van der Waals surface area contributed by atoms with Crippen molar-refractivity contribution in [3.05, 3.63) is 101 Å². The zero-order valence-electron chi connectivity index (χ0n) is 18.7. The fourth-order valence-electron chi connectivity index (χ4n) is 4.38. The largest absolute Gasteiger partial charge is 0.391 e. The van der Waals surface area contributed by atoms with E-state index in [0.717, 1.165) is 16.6 Å². The summed E-state index contributed by atoms with van der Waals surface area (Å²) in [5.41, 5.74) is 7.16. The molecule has 1 aromatic heterocycles. The molecule has 3 atom stereocenters. The summed E-state index contributed by atoms with van der Waals surface area (Å²) in [6.07, 6.45) is 0.0749. The van der Waals surface area contributed by atoms with E-state index in [-0.39, 0.29) is 12.1 Å². The van der Waals surface area contributed by atoms with Crippen LogP contribution in [0.5, 0.6) is 0 Å². The summed E-state index contributed by atoms with van der Waals surface area (Å²) in [7, 11) is 0. The summed E-state index contributed by atoms with van der Waals surface area (Å²) in [6, 6.07) is 24.9. The molecule has 0 fully saturated rings. The molecular weight excluding hydrogens is 382 g/mol. The van der Waals surface area contributed by atoms with Crippen LogP contribution < -0.4 is 5.62 Å². The van der Waals surface area contributed by atoms with Crippen molar-refractivity contribution in [1.82, 2.24) is 9.13 Å². The Morgan fingerprint density at radius 2 is 1.29 bits per heavy atom. The van der Waals surface area contributed by atoms with Gasteiger partial charge in [-0.05, 0) is 57.4 Å². The summed E-state index contributed by atoms with van der Waals surface area (Å²) in [5.74, 6) is 0. The predicted octanol–water partition coefficient (Wildman–Crippen LogP) is 5.31. The van der Waals surface area contributed by atoms with Crippen molar-refractivity contribution in [1.29, 1.82) is 5.41 Å². The number of hydrogen-bond donors (Lipinski definition) is 2. The van der Waals surface area contributed by atoms with Gasteiger partial charge in [0.1, 0.15) is 0 Å². The van der Waals surface area contributed by atoms with Crippen LogP contribution in [0, 0.1) is 19.3 Å². The first-order valence-electron chi connectivity index (χ1n) is 10.9. The first-order chi connectivity index (χ1) is 14.9. The van der Waals surface area contributed by atoms with Gasteiger partial charge in [0, 0.05) is 0 Å². The Kier molecular flexibility index (Phi) is 5.84. The molecule has 4 nitrogen and oxygen atoms in total. The highest BCUT2D eigenvalue weighted by Gasteiger charge is 2.25. The second-order valence-electron chi connectivity index (χ2n) is 8.64. The zero-order chi connectivity index (χ0) is 22.1. The monoisotopic (exact) mass is 413 g/mol. The first kappa shape index (κ1) is 21.1. The lowest BCUT2D eigenvalue weighted by Gasteiger charge is -2.23. The van der Waals surface area contributed by atoms with Gasteiger partial charge >= 0.3 is 0 Å². The third kappa shape index (κ3) is 4.08. The number of aliphatic hydroxyl groups is 1. The van der Waals surface area contributed by atoms with E-state index >= 15 is 0 Å². The molecule has 0 aliphatic carbocycles. The normalized spacial score (nSPS) is 14.5. The summed E-state index contributed by atoms with van der Waals surface area (Å²) < 4.78 is 4.08. The van der Waals surface area contributed by atoms with Crippen molar-refractivity contribution in [3.63, 3.8) is 0 Å². The van der Waals surface area contributed by atoms with Gasteiger partial charge in [-0.25, -0.2) is 0 Å². The fraction of sp³-hybridized carbons (Fsp3) is 0.296. The van der Waals surface area contributed by atoms with Crippen LogP contribution in [0.2, 0.25) is 0 Å². The van der Waals surface area contributed by atoms with E-state index < -0.39 is 6.10 Å². The molecule has 0 radical (unpaired) electrons. The van der Waals surface area contributed by atoms with E-state index in [4.69, 9.17) is 5.41 Å². The van der Waals surface area contributed by atoms with Crippen molar-refractivity contribution in [2.45, 2.75) is 52.3 Å². The molecule has 4 rings (SSSR count). The van der Waals surface area contributed by atoms with E-state index in [9.17, 15) is 5.11 Å². The van der Waals surface area contributed by atoms with Crippen molar-refractivity contribution in [2.75, 3.05) is 0 Å². The van der Waals surface area contributed by atoms with Gasteiger partial charge in [0.25, 0.3) is 0 Å². The fourth-order valence-corrected chi connectivity index (χ4v) is 4.38. The number of aryl methyl sites for hydroxylation is 2. The molecular formula is C27H31N3O. The third-order valence-electron chi connectivity index (χ3n) is 6.26.